The Balaban J connectivity index is 1.91. The minimum atomic E-state index is -3.51. The van der Waals surface area contributed by atoms with E-state index >= 15 is 0 Å². The molecular weight excluding hydrogens is 284 g/mol. The molecule has 19 heavy (non-hydrogen) atoms. The van der Waals surface area contributed by atoms with Crippen molar-refractivity contribution >= 4 is 26.5 Å². The lowest BCUT2D eigenvalue weighted by atomic mass is 9.79. The van der Waals surface area contributed by atoms with Crippen LogP contribution in [-0.2, 0) is 10.0 Å². The molecule has 6 nitrogen and oxygen atoms in total. The van der Waals surface area contributed by atoms with Gasteiger partial charge in [-0.3, -0.25) is 0 Å². The van der Waals surface area contributed by atoms with Gasteiger partial charge in [0.05, 0.1) is 0 Å². The molecule has 2 unspecified atom stereocenters. The van der Waals surface area contributed by atoms with Crippen LogP contribution in [0.1, 0.15) is 38.5 Å². The van der Waals surface area contributed by atoms with Crippen molar-refractivity contribution in [2.75, 3.05) is 12.3 Å². The Hall–Kier alpha value is -0.730. The van der Waals surface area contributed by atoms with E-state index in [-0.39, 0.29) is 15.5 Å². The van der Waals surface area contributed by atoms with Gasteiger partial charge < -0.3 is 5.73 Å². The van der Waals surface area contributed by atoms with Crippen LogP contribution in [0, 0.1) is 5.92 Å². The van der Waals surface area contributed by atoms with Gasteiger partial charge in [0, 0.05) is 12.6 Å². The molecule has 2 aliphatic rings. The maximum atomic E-state index is 12.6. The Morgan fingerprint density at radius 2 is 1.89 bits per heavy atom. The van der Waals surface area contributed by atoms with E-state index in [4.69, 9.17) is 5.73 Å². The first-order valence-electron chi connectivity index (χ1n) is 6.70. The van der Waals surface area contributed by atoms with Crippen LogP contribution < -0.4 is 5.73 Å². The first-order chi connectivity index (χ1) is 9.09. The van der Waals surface area contributed by atoms with Crippen molar-refractivity contribution in [3.63, 3.8) is 0 Å². The highest BCUT2D eigenvalue weighted by atomic mass is 32.2. The second kappa shape index (κ2) is 4.99. The third-order valence-corrected chi connectivity index (χ3v) is 7.17. The number of rotatable bonds is 2. The van der Waals surface area contributed by atoms with Gasteiger partial charge >= 0.3 is 0 Å². The molecule has 8 heteroatoms. The van der Waals surface area contributed by atoms with Gasteiger partial charge in [0.2, 0.25) is 9.47 Å². The molecule has 3 rings (SSSR count). The summed E-state index contributed by atoms with van der Waals surface area (Å²) in [6, 6.07) is 0.151. The first kappa shape index (κ1) is 13.3. The van der Waals surface area contributed by atoms with Crippen LogP contribution in [0.25, 0.3) is 0 Å². The SMILES string of the molecule is Nc1nnc(S(=O)(=O)N2CCCC3CCCCC32)s1. The van der Waals surface area contributed by atoms with Crippen LogP contribution in [0.4, 0.5) is 5.13 Å². The number of nitrogens with two attached hydrogens (primary N) is 1. The van der Waals surface area contributed by atoms with E-state index in [0.29, 0.717) is 12.5 Å². The highest BCUT2D eigenvalue weighted by Gasteiger charge is 2.41. The van der Waals surface area contributed by atoms with Gasteiger partial charge in [0.25, 0.3) is 10.0 Å². The molecule has 2 fully saturated rings. The van der Waals surface area contributed by atoms with Crippen LogP contribution in [0.5, 0.6) is 0 Å². The quantitative estimate of drug-likeness (QED) is 0.893. The fourth-order valence-electron chi connectivity index (χ4n) is 3.30. The molecule has 0 aromatic carbocycles. The van der Waals surface area contributed by atoms with E-state index in [2.05, 4.69) is 10.2 Å². The summed E-state index contributed by atoms with van der Waals surface area (Å²) < 4.78 is 27.0. The van der Waals surface area contributed by atoms with Gasteiger partial charge in [-0.1, -0.05) is 24.2 Å². The van der Waals surface area contributed by atoms with Crippen molar-refractivity contribution < 1.29 is 8.42 Å². The number of anilines is 1. The molecule has 1 aromatic rings. The molecule has 1 saturated carbocycles. The largest absolute Gasteiger partial charge is 0.374 e. The third kappa shape index (κ3) is 2.36. The number of aromatic nitrogens is 2. The summed E-state index contributed by atoms with van der Waals surface area (Å²) in [7, 11) is -3.51. The number of nitrogen functional groups attached to an aromatic ring is 1. The van der Waals surface area contributed by atoms with E-state index in [0.717, 1.165) is 43.4 Å². The molecule has 106 valence electrons. The van der Waals surface area contributed by atoms with Crippen molar-refractivity contribution in [3.05, 3.63) is 0 Å². The predicted octanol–water partition coefficient (Wildman–Crippen LogP) is 1.46. The smallest absolute Gasteiger partial charge is 0.272 e. The molecular formula is C11H18N4O2S2. The van der Waals surface area contributed by atoms with E-state index in [1.807, 2.05) is 0 Å². The van der Waals surface area contributed by atoms with Gasteiger partial charge in [0.1, 0.15) is 0 Å². The Labute approximate surface area is 117 Å². The maximum absolute atomic E-state index is 12.6. The molecule has 0 bridgehead atoms. The monoisotopic (exact) mass is 302 g/mol. The number of fused-ring (bicyclic) bond motifs is 1. The summed E-state index contributed by atoms with van der Waals surface area (Å²) in [6.07, 6.45) is 6.54. The van der Waals surface area contributed by atoms with E-state index in [1.165, 1.54) is 6.42 Å². The number of hydrogen-bond acceptors (Lipinski definition) is 6. The van der Waals surface area contributed by atoms with Crippen molar-refractivity contribution in [2.24, 2.45) is 5.92 Å². The standard InChI is InChI=1S/C11H18N4O2S2/c12-10-13-14-11(18-10)19(16,17)15-7-3-5-8-4-1-2-6-9(8)15/h8-9H,1-7H2,(H2,12,13). The molecule has 1 aliphatic carbocycles. The Bertz CT molecular complexity index is 555. The van der Waals surface area contributed by atoms with Crippen LogP contribution in [0.3, 0.4) is 0 Å². The predicted molar refractivity (Wildman–Crippen MR) is 73.2 cm³/mol. The van der Waals surface area contributed by atoms with Gasteiger partial charge in [-0.05, 0) is 31.6 Å². The fourth-order valence-corrected chi connectivity index (χ4v) is 5.96. The van der Waals surface area contributed by atoms with Crippen LogP contribution in [-0.4, -0.2) is 35.5 Å². The Kier molecular flexibility index (Phi) is 3.48. The summed E-state index contributed by atoms with van der Waals surface area (Å²) in [6.45, 7) is 0.600. The zero-order chi connectivity index (χ0) is 13.5. The molecule has 1 aliphatic heterocycles. The topological polar surface area (TPSA) is 89.2 Å². The van der Waals surface area contributed by atoms with Crippen LogP contribution >= 0.6 is 11.3 Å². The third-order valence-electron chi connectivity index (χ3n) is 4.14. The summed E-state index contributed by atoms with van der Waals surface area (Å²) in [5.74, 6) is 0.516. The van der Waals surface area contributed by atoms with Crippen molar-refractivity contribution in [1.29, 1.82) is 0 Å². The second-order valence-corrected chi connectivity index (χ2v) is 8.35. The van der Waals surface area contributed by atoms with Crippen molar-refractivity contribution in [2.45, 2.75) is 48.9 Å². The Morgan fingerprint density at radius 3 is 2.63 bits per heavy atom. The maximum Gasteiger partial charge on any atom is 0.272 e. The normalized spacial score (nSPS) is 29.1. The van der Waals surface area contributed by atoms with Crippen LogP contribution in [0.2, 0.25) is 0 Å². The number of nitrogens with zero attached hydrogens (tertiary/aromatic N) is 3. The van der Waals surface area contributed by atoms with Crippen molar-refractivity contribution in [3.8, 4) is 0 Å². The lowest BCUT2D eigenvalue weighted by Crippen LogP contribution is -2.49. The summed E-state index contributed by atoms with van der Waals surface area (Å²) in [5.41, 5.74) is 5.50. The molecule has 1 saturated heterocycles. The molecule has 2 heterocycles. The minimum absolute atomic E-state index is 0.0382. The zero-order valence-corrected chi connectivity index (χ0v) is 12.3. The van der Waals surface area contributed by atoms with E-state index in [1.54, 1.807) is 4.31 Å². The second-order valence-electron chi connectivity index (χ2n) is 5.28. The Morgan fingerprint density at radius 1 is 1.16 bits per heavy atom. The number of hydrogen-bond donors (Lipinski definition) is 1. The summed E-state index contributed by atoms with van der Waals surface area (Å²) in [5, 5.41) is 7.54. The minimum Gasteiger partial charge on any atom is -0.374 e. The van der Waals surface area contributed by atoms with Gasteiger partial charge in [0.15, 0.2) is 0 Å². The molecule has 0 amide bonds. The highest BCUT2D eigenvalue weighted by Crippen LogP contribution is 2.38. The fraction of sp³-hybridized carbons (Fsp3) is 0.818. The van der Waals surface area contributed by atoms with Gasteiger partial charge in [-0.25, -0.2) is 8.42 Å². The van der Waals surface area contributed by atoms with E-state index < -0.39 is 10.0 Å². The summed E-state index contributed by atoms with van der Waals surface area (Å²) >= 11 is 0.954. The van der Waals surface area contributed by atoms with Crippen molar-refractivity contribution in [1.82, 2.24) is 14.5 Å². The molecule has 1 aromatic heterocycles. The molecule has 2 N–H and O–H groups in total. The number of piperidine rings is 1. The molecule has 0 spiro atoms. The average molecular weight is 302 g/mol. The number of sulfonamides is 1. The summed E-state index contributed by atoms with van der Waals surface area (Å²) in [4.78, 5) is 0. The lowest BCUT2D eigenvalue weighted by molar-refractivity contribution is 0.129. The van der Waals surface area contributed by atoms with Gasteiger partial charge in [-0.15, -0.1) is 10.2 Å². The molecule has 2 atom stereocenters. The average Bonchev–Trinajstić information content (AvgIpc) is 2.85. The highest BCUT2D eigenvalue weighted by molar-refractivity contribution is 7.91. The van der Waals surface area contributed by atoms with Gasteiger partial charge in [-0.2, -0.15) is 4.31 Å². The zero-order valence-electron chi connectivity index (χ0n) is 10.7. The van der Waals surface area contributed by atoms with Crippen LogP contribution in [0.15, 0.2) is 4.34 Å². The van der Waals surface area contributed by atoms with E-state index in [9.17, 15) is 8.42 Å². The first-order valence-corrected chi connectivity index (χ1v) is 8.95. The molecule has 0 radical (unpaired) electrons. The lowest BCUT2D eigenvalue weighted by Gasteiger charge is -2.42.